The molecule has 2 amide bonds. The van der Waals surface area contributed by atoms with Crippen LogP contribution in [0.5, 0.6) is 0 Å². The van der Waals surface area contributed by atoms with E-state index in [1.165, 1.54) is 6.07 Å². The fourth-order valence-corrected chi connectivity index (χ4v) is 3.06. The number of nitrogens with zero attached hydrogens (tertiary/aromatic N) is 2. The van der Waals surface area contributed by atoms with E-state index >= 15 is 0 Å². The molecule has 0 atom stereocenters. The Balaban J connectivity index is 0.00000261. The Labute approximate surface area is 164 Å². The van der Waals surface area contributed by atoms with Crippen molar-refractivity contribution in [3.63, 3.8) is 0 Å². The zero-order valence-corrected chi connectivity index (χ0v) is 16.2. The molecule has 0 saturated carbocycles. The molecule has 27 heavy (non-hydrogen) atoms. The molecule has 1 aliphatic rings. The van der Waals surface area contributed by atoms with Crippen molar-refractivity contribution in [3.05, 3.63) is 64.5 Å². The number of carbonyl (C=O) groups excluding carboxylic acids is 2. The molecule has 1 saturated heterocycles. The van der Waals surface area contributed by atoms with E-state index in [9.17, 15) is 14.0 Å². The first-order chi connectivity index (χ1) is 12.4. The molecule has 0 aliphatic carbocycles. The molecule has 0 bridgehead atoms. The normalized spacial score (nSPS) is 13.9. The zero-order chi connectivity index (χ0) is 18.8. The van der Waals surface area contributed by atoms with Crippen LogP contribution in [-0.4, -0.2) is 47.8 Å². The lowest BCUT2D eigenvalue weighted by atomic mass is 10.1. The van der Waals surface area contributed by atoms with Gasteiger partial charge in [-0.05, 0) is 49.2 Å². The monoisotopic (exact) mass is 391 g/mol. The van der Waals surface area contributed by atoms with Crippen molar-refractivity contribution in [2.45, 2.75) is 13.8 Å². The number of amides is 2. The Morgan fingerprint density at radius 2 is 1.44 bits per heavy atom. The number of carbonyl (C=O) groups is 2. The molecule has 7 heteroatoms. The lowest BCUT2D eigenvalue weighted by Gasteiger charge is -2.35. The summed E-state index contributed by atoms with van der Waals surface area (Å²) in [6.45, 7) is 5.24. The first kappa shape index (κ1) is 20.7. The average molecular weight is 392 g/mol. The minimum absolute atomic E-state index is 0. The van der Waals surface area contributed by atoms with Crippen LogP contribution in [0.15, 0.2) is 36.4 Å². The lowest BCUT2D eigenvalue weighted by Crippen LogP contribution is -2.50. The number of piperazine rings is 1. The summed E-state index contributed by atoms with van der Waals surface area (Å²) in [4.78, 5) is 28.6. The Morgan fingerprint density at radius 1 is 0.889 bits per heavy atom. The van der Waals surface area contributed by atoms with Gasteiger partial charge in [-0.1, -0.05) is 12.1 Å². The van der Waals surface area contributed by atoms with Crippen LogP contribution in [0, 0.1) is 19.7 Å². The van der Waals surface area contributed by atoms with Crippen LogP contribution in [-0.2, 0) is 0 Å². The summed E-state index contributed by atoms with van der Waals surface area (Å²) in [6, 6.07) is 9.78. The molecule has 144 valence electrons. The third-order valence-corrected chi connectivity index (χ3v) is 4.76. The van der Waals surface area contributed by atoms with Crippen LogP contribution in [0.25, 0.3) is 0 Å². The second-order valence-electron chi connectivity index (χ2n) is 6.62. The zero-order valence-electron chi connectivity index (χ0n) is 15.4. The third kappa shape index (κ3) is 4.39. The van der Waals surface area contributed by atoms with Crippen LogP contribution in [0.1, 0.15) is 31.8 Å². The Hall–Kier alpha value is -2.60. The summed E-state index contributed by atoms with van der Waals surface area (Å²) in [6.07, 6.45) is 0. The van der Waals surface area contributed by atoms with Gasteiger partial charge in [-0.3, -0.25) is 9.59 Å². The van der Waals surface area contributed by atoms with Gasteiger partial charge in [0.15, 0.2) is 0 Å². The predicted molar refractivity (Wildman–Crippen MR) is 106 cm³/mol. The summed E-state index contributed by atoms with van der Waals surface area (Å²) in [5.74, 6) is -0.679. The molecule has 3 rings (SSSR count). The van der Waals surface area contributed by atoms with Crippen LogP contribution < -0.4 is 5.73 Å². The highest BCUT2D eigenvalue weighted by Gasteiger charge is 2.26. The number of nitrogen functional groups attached to an aromatic ring is 1. The molecule has 1 aliphatic heterocycles. The first-order valence-corrected chi connectivity index (χ1v) is 8.57. The molecule has 5 nitrogen and oxygen atoms in total. The molecule has 1 heterocycles. The van der Waals surface area contributed by atoms with Gasteiger partial charge in [0, 0.05) is 43.0 Å². The smallest absolute Gasteiger partial charge is 0.254 e. The highest BCUT2D eigenvalue weighted by atomic mass is 35.5. The molecule has 0 radical (unpaired) electrons. The van der Waals surface area contributed by atoms with Gasteiger partial charge in [-0.2, -0.15) is 0 Å². The highest BCUT2D eigenvalue weighted by Crippen LogP contribution is 2.18. The second kappa shape index (κ2) is 8.39. The number of hydrogen-bond donors (Lipinski definition) is 1. The molecule has 2 N–H and O–H groups in total. The van der Waals surface area contributed by atoms with Crippen LogP contribution in [0.3, 0.4) is 0 Å². The quantitative estimate of drug-likeness (QED) is 0.800. The maximum absolute atomic E-state index is 13.7. The molecular formula is C20H23ClFN3O2. The highest BCUT2D eigenvalue weighted by molar-refractivity contribution is 5.97. The van der Waals surface area contributed by atoms with Crippen molar-refractivity contribution in [1.29, 1.82) is 0 Å². The summed E-state index contributed by atoms with van der Waals surface area (Å²) in [7, 11) is 0. The number of hydrogen-bond acceptors (Lipinski definition) is 3. The minimum Gasteiger partial charge on any atom is -0.399 e. The van der Waals surface area contributed by atoms with E-state index in [1.54, 1.807) is 41.0 Å². The Bertz CT molecular complexity index is 864. The van der Waals surface area contributed by atoms with Gasteiger partial charge in [-0.25, -0.2) is 4.39 Å². The molecule has 0 spiro atoms. The van der Waals surface area contributed by atoms with Gasteiger partial charge in [-0.15, -0.1) is 12.4 Å². The molecular weight excluding hydrogens is 369 g/mol. The van der Waals surface area contributed by atoms with E-state index in [2.05, 4.69) is 0 Å². The number of halogens is 2. The second-order valence-corrected chi connectivity index (χ2v) is 6.62. The lowest BCUT2D eigenvalue weighted by molar-refractivity contribution is 0.0535. The van der Waals surface area contributed by atoms with Gasteiger partial charge < -0.3 is 15.5 Å². The third-order valence-electron chi connectivity index (χ3n) is 4.76. The number of nitrogens with two attached hydrogens (primary N) is 1. The van der Waals surface area contributed by atoms with Gasteiger partial charge >= 0.3 is 0 Å². The summed E-state index contributed by atoms with van der Waals surface area (Å²) in [5, 5.41) is 0. The molecule has 2 aromatic carbocycles. The topological polar surface area (TPSA) is 66.6 Å². The van der Waals surface area contributed by atoms with Crippen molar-refractivity contribution in [2.24, 2.45) is 0 Å². The van der Waals surface area contributed by atoms with Crippen LogP contribution >= 0.6 is 12.4 Å². The van der Waals surface area contributed by atoms with E-state index in [-0.39, 0.29) is 30.0 Å². The van der Waals surface area contributed by atoms with Crippen molar-refractivity contribution in [1.82, 2.24) is 9.80 Å². The van der Waals surface area contributed by atoms with Crippen molar-refractivity contribution < 1.29 is 14.0 Å². The predicted octanol–water partition coefficient (Wildman–Crippen LogP) is 3.04. The number of anilines is 1. The van der Waals surface area contributed by atoms with Crippen molar-refractivity contribution in [3.8, 4) is 0 Å². The summed E-state index contributed by atoms with van der Waals surface area (Å²) in [5.41, 5.74) is 8.64. The first-order valence-electron chi connectivity index (χ1n) is 8.57. The Kier molecular flexibility index (Phi) is 6.44. The SMILES string of the molecule is Cc1ccc(C(=O)N2CCN(C(=O)c3cc(N)ccc3C)CC2)cc1F.Cl. The Morgan fingerprint density at radius 3 is 2.04 bits per heavy atom. The number of rotatable bonds is 2. The van der Waals surface area contributed by atoms with E-state index < -0.39 is 0 Å². The van der Waals surface area contributed by atoms with Gasteiger partial charge in [0.25, 0.3) is 11.8 Å². The molecule has 0 aromatic heterocycles. The van der Waals surface area contributed by atoms with E-state index in [4.69, 9.17) is 5.73 Å². The van der Waals surface area contributed by atoms with Gasteiger partial charge in [0.1, 0.15) is 5.82 Å². The van der Waals surface area contributed by atoms with E-state index in [0.717, 1.165) is 5.56 Å². The van der Waals surface area contributed by atoms with E-state index in [0.29, 0.717) is 48.6 Å². The average Bonchev–Trinajstić information content (AvgIpc) is 2.65. The number of aryl methyl sites for hydroxylation is 2. The van der Waals surface area contributed by atoms with Crippen molar-refractivity contribution >= 4 is 29.9 Å². The molecule has 0 unspecified atom stereocenters. The van der Waals surface area contributed by atoms with Crippen LogP contribution in [0.2, 0.25) is 0 Å². The largest absolute Gasteiger partial charge is 0.399 e. The minimum atomic E-state index is -0.387. The fraction of sp³-hybridized carbons (Fsp3) is 0.300. The number of benzene rings is 2. The fourth-order valence-electron chi connectivity index (χ4n) is 3.06. The maximum atomic E-state index is 13.7. The maximum Gasteiger partial charge on any atom is 0.254 e. The van der Waals surface area contributed by atoms with Gasteiger partial charge in [0.05, 0.1) is 0 Å². The molecule has 1 fully saturated rings. The summed E-state index contributed by atoms with van der Waals surface area (Å²) < 4.78 is 13.7. The van der Waals surface area contributed by atoms with E-state index in [1.807, 2.05) is 13.0 Å². The van der Waals surface area contributed by atoms with Crippen LogP contribution in [0.4, 0.5) is 10.1 Å². The summed E-state index contributed by atoms with van der Waals surface area (Å²) >= 11 is 0. The van der Waals surface area contributed by atoms with Crippen molar-refractivity contribution in [2.75, 3.05) is 31.9 Å². The molecule has 2 aromatic rings. The van der Waals surface area contributed by atoms with Gasteiger partial charge in [0.2, 0.25) is 0 Å². The standard InChI is InChI=1S/C20H22FN3O2.ClH/c1-13-4-6-16(22)12-17(13)20(26)24-9-7-23(8-10-24)19(25)15-5-3-14(2)18(21)11-15;/h3-6,11-12H,7-10,22H2,1-2H3;1H.